The Kier molecular flexibility index (Phi) is 5.24. The molecule has 0 saturated heterocycles. The average Bonchev–Trinajstić information content (AvgIpc) is 2.67. The number of nitrogens with one attached hydrogen (secondary N) is 2. The molecular formula is C23H20ClFN2O2. The van der Waals surface area contributed by atoms with Gasteiger partial charge in [0, 0.05) is 45.6 Å². The molecule has 1 amide bonds. The van der Waals surface area contributed by atoms with Crippen molar-refractivity contribution in [2.75, 3.05) is 5.32 Å². The zero-order valence-corrected chi connectivity index (χ0v) is 16.6. The van der Waals surface area contributed by atoms with Gasteiger partial charge in [0.2, 0.25) is 0 Å². The number of hydrogen-bond acceptors (Lipinski definition) is 3. The SMILES string of the molecule is CC1=C(C(=O)Nc2cccc(F)c2)[C@H](c2ccc(Cl)cc2)C2=C(CCCC2=O)N1. The highest BCUT2D eigenvalue weighted by Crippen LogP contribution is 2.42. The van der Waals surface area contributed by atoms with Crippen LogP contribution in [0.1, 0.15) is 37.7 Å². The van der Waals surface area contributed by atoms with Gasteiger partial charge in [-0.1, -0.05) is 29.8 Å². The van der Waals surface area contributed by atoms with E-state index in [4.69, 9.17) is 11.6 Å². The average molecular weight is 411 g/mol. The number of allylic oxidation sites excluding steroid dienone is 3. The van der Waals surface area contributed by atoms with Crippen molar-refractivity contribution < 1.29 is 14.0 Å². The molecule has 2 aromatic carbocycles. The van der Waals surface area contributed by atoms with E-state index in [0.29, 0.717) is 34.0 Å². The van der Waals surface area contributed by atoms with E-state index in [1.807, 2.05) is 19.1 Å². The number of dihydropyridines is 1. The first kappa shape index (κ1) is 19.4. The summed E-state index contributed by atoms with van der Waals surface area (Å²) in [7, 11) is 0. The van der Waals surface area contributed by atoms with E-state index >= 15 is 0 Å². The summed E-state index contributed by atoms with van der Waals surface area (Å²) in [6.07, 6.45) is 2.01. The first-order valence-corrected chi connectivity index (χ1v) is 9.88. The fourth-order valence-corrected chi connectivity index (χ4v) is 4.16. The summed E-state index contributed by atoms with van der Waals surface area (Å²) >= 11 is 6.05. The summed E-state index contributed by atoms with van der Waals surface area (Å²) < 4.78 is 13.5. The van der Waals surface area contributed by atoms with Crippen LogP contribution in [0, 0.1) is 5.82 Å². The molecular weight excluding hydrogens is 391 g/mol. The number of halogens is 2. The van der Waals surface area contributed by atoms with Crippen molar-refractivity contribution >= 4 is 29.0 Å². The first-order chi connectivity index (χ1) is 13.9. The fourth-order valence-electron chi connectivity index (χ4n) is 4.04. The predicted octanol–water partition coefficient (Wildman–Crippen LogP) is 5.09. The molecule has 4 nitrogen and oxygen atoms in total. The van der Waals surface area contributed by atoms with E-state index in [1.54, 1.807) is 18.2 Å². The van der Waals surface area contributed by atoms with Crippen molar-refractivity contribution in [3.05, 3.63) is 87.5 Å². The number of rotatable bonds is 3. The molecule has 0 saturated carbocycles. The number of anilines is 1. The maximum absolute atomic E-state index is 13.5. The van der Waals surface area contributed by atoms with Gasteiger partial charge in [-0.3, -0.25) is 9.59 Å². The summed E-state index contributed by atoms with van der Waals surface area (Å²) in [5.41, 5.74) is 3.83. The second-order valence-corrected chi connectivity index (χ2v) is 7.72. The minimum Gasteiger partial charge on any atom is -0.362 e. The molecule has 1 aliphatic carbocycles. The van der Waals surface area contributed by atoms with Crippen molar-refractivity contribution in [2.45, 2.75) is 32.1 Å². The largest absolute Gasteiger partial charge is 0.362 e. The Morgan fingerprint density at radius 3 is 2.66 bits per heavy atom. The van der Waals surface area contributed by atoms with Gasteiger partial charge in [0.25, 0.3) is 5.91 Å². The van der Waals surface area contributed by atoms with Crippen LogP contribution in [-0.2, 0) is 9.59 Å². The molecule has 29 heavy (non-hydrogen) atoms. The molecule has 1 atom stereocenters. The zero-order valence-electron chi connectivity index (χ0n) is 15.9. The normalized spacial score (nSPS) is 19.0. The Labute approximate surface area is 173 Å². The molecule has 2 aliphatic rings. The van der Waals surface area contributed by atoms with Crippen LogP contribution in [0.4, 0.5) is 10.1 Å². The van der Waals surface area contributed by atoms with Crippen LogP contribution in [0.15, 0.2) is 71.1 Å². The molecule has 0 aromatic heterocycles. The lowest BCUT2D eigenvalue weighted by Gasteiger charge is -2.34. The van der Waals surface area contributed by atoms with E-state index in [0.717, 1.165) is 24.1 Å². The van der Waals surface area contributed by atoms with Gasteiger partial charge in [-0.05, 0) is 55.7 Å². The van der Waals surface area contributed by atoms with Crippen LogP contribution >= 0.6 is 11.6 Å². The van der Waals surface area contributed by atoms with Gasteiger partial charge in [0.1, 0.15) is 5.82 Å². The van der Waals surface area contributed by atoms with Crippen molar-refractivity contribution in [1.29, 1.82) is 0 Å². The Bertz CT molecular complexity index is 1060. The van der Waals surface area contributed by atoms with Crippen molar-refractivity contribution in [1.82, 2.24) is 5.32 Å². The Hall–Kier alpha value is -2.92. The van der Waals surface area contributed by atoms with E-state index in [2.05, 4.69) is 10.6 Å². The molecule has 148 valence electrons. The van der Waals surface area contributed by atoms with Gasteiger partial charge in [-0.15, -0.1) is 0 Å². The lowest BCUT2D eigenvalue weighted by Crippen LogP contribution is -2.35. The number of amides is 1. The smallest absolute Gasteiger partial charge is 0.254 e. The van der Waals surface area contributed by atoms with Crippen LogP contribution in [0.2, 0.25) is 5.02 Å². The molecule has 1 heterocycles. The molecule has 4 rings (SSSR count). The number of carbonyl (C=O) groups is 2. The monoisotopic (exact) mass is 410 g/mol. The van der Waals surface area contributed by atoms with Gasteiger partial charge in [-0.25, -0.2) is 4.39 Å². The van der Waals surface area contributed by atoms with Crippen molar-refractivity contribution in [2.24, 2.45) is 0 Å². The number of ketones is 1. The molecule has 0 unspecified atom stereocenters. The predicted molar refractivity (Wildman–Crippen MR) is 111 cm³/mol. The Morgan fingerprint density at radius 2 is 1.93 bits per heavy atom. The van der Waals surface area contributed by atoms with Crippen molar-refractivity contribution in [3.63, 3.8) is 0 Å². The van der Waals surface area contributed by atoms with E-state index in [9.17, 15) is 14.0 Å². The van der Waals surface area contributed by atoms with E-state index < -0.39 is 11.7 Å². The molecule has 2 aromatic rings. The maximum Gasteiger partial charge on any atom is 0.254 e. The summed E-state index contributed by atoms with van der Waals surface area (Å²) in [6.45, 7) is 1.83. The third kappa shape index (κ3) is 3.83. The third-order valence-electron chi connectivity index (χ3n) is 5.31. The molecule has 0 bridgehead atoms. The lowest BCUT2D eigenvalue weighted by atomic mass is 9.75. The molecule has 0 radical (unpaired) electrons. The molecule has 0 fully saturated rings. The van der Waals surface area contributed by atoms with Crippen LogP contribution in [-0.4, -0.2) is 11.7 Å². The number of hydrogen-bond donors (Lipinski definition) is 2. The fraction of sp³-hybridized carbons (Fsp3) is 0.217. The van der Waals surface area contributed by atoms with Gasteiger partial charge in [-0.2, -0.15) is 0 Å². The highest BCUT2D eigenvalue weighted by molar-refractivity contribution is 6.30. The maximum atomic E-state index is 13.5. The first-order valence-electron chi connectivity index (χ1n) is 9.50. The van der Waals surface area contributed by atoms with Gasteiger partial charge in [0.15, 0.2) is 5.78 Å². The summed E-state index contributed by atoms with van der Waals surface area (Å²) in [5.74, 6) is -1.26. The van der Waals surface area contributed by atoms with Crippen LogP contribution < -0.4 is 10.6 Å². The molecule has 0 spiro atoms. The highest BCUT2D eigenvalue weighted by atomic mass is 35.5. The Balaban J connectivity index is 1.78. The standard InChI is InChI=1S/C23H20ClFN2O2/c1-13-20(23(29)27-17-5-2-4-16(25)12-17)21(14-8-10-15(24)11-9-14)22-18(26-13)6-3-7-19(22)28/h2,4-5,8-12,21,26H,3,6-7H2,1H3,(H,27,29)/t21-/m0/s1. The topological polar surface area (TPSA) is 58.2 Å². The summed E-state index contributed by atoms with van der Waals surface area (Å²) in [4.78, 5) is 26.1. The van der Waals surface area contributed by atoms with E-state index in [-0.39, 0.29) is 11.7 Å². The second-order valence-electron chi connectivity index (χ2n) is 7.28. The number of carbonyl (C=O) groups excluding carboxylic acids is 2. The quantitative estimate of drug-likeness (QED) is 0.741. The summed E-state index contributed by atoms with van der Waals surface area (Å²) in [6, 6.07) is 12.9. The third-order valence-corrected chi connectivity index (χ3v) is 5.56. The molecule has 2 N–H and O–H groups in total. The van der Waals surface area contributed by atoms with Crippen LogP contribution in [0.25, 0.3) is 0 Å². The number of benzene rings is 2. The van der Waals surface area contributed by atoms with Gasteiger partial charge in [0.05, 0.1) is 0 Å². The van der Waals surface area contributed by atoms with Crippen LogP contribution in [0.5, 0.6) is 0 Å². The summed E-state index contributed by atoms with van der Waals surface area (Å²) in [5, 5.41) is 6.61. The van der Waals surface area contributed by atoms with Crippen molar-refractivity contribution in [3.8, 4) is 0 Å². The minimum absolute atomic E-state index is 0.0438. The second kappa shape index (κ2) is 7.84. The van der Waals surface area contributed by atoms with Gasteiger partial charge < -0.3 is 10.6 Å². The van der Waals surface area contributed by atoms with Gasteiger partial charge >= 0.3 is 0 Å². The van der Waals surface area contributed by atoms with Crippen LogP contribution in [0.3, 0.4) is 0 Å². The molecule has 1 aliphatic heterocycles. The lowest BCUT2D eigenvalue weighted by molar-refractivity contribution is -0.116. The van der Waals surface area contributed by atoms with E-state index in [1.165, 1.54) is 18.2 Å². The minimum atomic E-state index is -0.495. The number of Topliss-reactive ketones (excluding diaryl/α,β-unsaturated/α-hetero) is 1. The Morgan fingerprint density at radius 1 is 1.17 bits per heavy atom. The highest BCUT2D eigenvalue weighted by Gasteiger charge is 2.38. The molecule has 6 heteroatoms. The zero-order chi connectivity index (χ0) is 20.5.